The van der Waals surface area contributed by atoms with Crippen molar-refractivity contribution < 1.29 is 0 Å². The fourth-order valence-electron chi connectivity index (χ4n) is 5.35. The average molecular weight is 418 g/mol. The third-order valence-corrected chi connectivity index (χ3v) is 6.79. The topological polar surface area (TPSA) is 28.7 Å². The highest BCUT2D eigenvalue weighted by Crippen LogP contribution is 2.38. The van der Waals surface area contributed by atoms with Crippen LogP contribution < -0.4 is 0 Å². The normalized spacial score (nSPS) is 11.6. The molecule has 0 bridgehead atoms. The summed E-state index contributed by atoms with van der Waals surface area (Å²) in [6.45, 7) is 0. The van der Waals surface area contributed by atoms with Gasteiger partial charge in [-0.1, -0.05) is 72.8 Å². The smallest absolute Gasteiger partial charge is 0.0991 e. The van der Waals surface area contributed by atoms with E-state index in [1.165, 1.54) is 48.7 Å². The van der Waals surface area contributed by atoms with Gasteiger partial charge in [0.1, 0.15) is 0 Å². The van der Waals surface area contributed by atoms with Crippen molar-refractivity contribution in [1.29, 1.82) is 5.26 Å². The minimum atomic E-state index is 0.689. The molecule has 7 aromatic rings. The molecule has 1 heterocycles. The Morgan fingerprint density at radius 2 is 0.939 bits per heavy atom. The molecule has 0 aliphatic heterocycles. The number of hydrogen-bond donors (Lipinski definition) is 0. The summed E-state index contributed by atoms with van der Waals surface area (Å²) < 4.78 is 2.36. The molecular weight excluding hydrogens is 400 g/mol. The molecule has 0 saturated heterocycles. The Morgan fingerprint density at radius 1 is 0.455 bits per heavy atom. The molecular formula is C31H18N2. The molecule has 152 valence electrons. The van der Waals surface area contributed by atoms with Gasteiger partial charge in [0.15, 0.2) is 0 Å². The van der Waals surface area contributed by atoms with E-state index >= 15 is 0 Å². The highest BCUT2D eigenvalue weighted by molar-refractivity contribution is 6.25. The van der Waals surface area contributed by atoms with Crippen LogP contribution in [0.1, 0.15) is 5.56 Å². The van der Waals surface area contributed by atoms with Gasteiger partial charge in [-0.15, -0.1) is 0 Å². The lowest BCUT2D eigenvalue weighted by Gasteiger charge is -2.14. The van der Waals surface area contributed by atoms with E-state index in [-0.39, 0.29) is 0 Å². The number of fused-ring (bicyclic) bond motifs is 9. The molecule has 1 aromatic heterocycles. The zero-order valence-corrected chi connectivity index (χ0v) is 17.8. The highest BCUT2D eigenvalue weighted by atomic mass is 15.0. The Kier molecular flexibility index (Phi) is 3.65. The molecule has 0 fully saturated rings. The summed E-state index contributed by atoms with van der Waals surface area (Å²) in [5.74, 6) is 0. The minimum absolute atomic E-state index is 0.689. The lowest BCUT2D eigenvalue weighted by Crippen LogP contribution is -1.94. The molecule has 0 spiro atoms. The van der Waals surface area contributed by atoms with E-state index in [1.807, 2.05) is 12.1 Å². The van der Waals surface area contributed by atoms with Gasteiger partial charge in [-0.2, -0.15) is 5.26 Å². The van der Waals surface area contributed by atoms with Crippen molar-refractivity contribution in [2.24, 2.45) is 0 Å². The molecule has 0 saturated carbocycles. The summed E-state index contributed by atoms with van der Waals surface area (Å²) in [6.07, 6.45) is 0. The van der Waals surface area contributed by atoms with Crippen molar-refractivity contribution >= 4 is 54.1 Å². The Bertz CT molecular complexity index is 1860. The molecule has 0 N–H and O–H groups in total. The Labute approximate surface area is 190 Å². The number of rotatable bonds is 1. The van der Waals surface area contributed by atoms with Crippen molar-refractivity contribution in [3.8, 4) is 11.8 Å². The predicted octanol–water partition coefficient (Wildman–Crippen LogP) is 8.11. The van der Waals surface area contributed by atoms with Gasteiger partial charge in [0.2, 0.25) is 0 Å². The fourth-order valence-corrected chi connectivity index (χ4v) is 5.35. The number of para-hydroxylation sites is 2. The molecule has 2 heteroatoms. The molecule has 0 aliphatic carbocycles. The molecule has 0 unspecified atom stereocenters. The maximum absolute atomic E-state index is 9.44. The van der Waals surface area contributed by atoms with Crippen LogP contribution in [0.3, 0.4) is 0 Å². The third-order valence-electron chi connectivity index (χ3n) is 6.79. The van der Waals surface area contributed by atoms with Crippen LogP contribution in [0, 0.1) is 11.3 Å². The largest absolute Gasteiger partial charge is 0.309 e. The molecule has 0 radical (unpaired) electrons. The average Bonchev–Trinajstić information content (AvgIpc) is 3.23. The standard InChI is InChI=1S/C31H18N2/c32-19-20-13-15-24-25-16-14-21(18-29(25)23-8-2-1-7-22(23)28(24)17-20)33-30-11-5-3-9-26(30)27-10-4-6-12-31(27)33/h1-18H. The minimum Gasteiger partial charge on any atom is -0.309 e. The first-order chi connectivity index (χ1) is 16.3. The highest BCUT2D eigenvalue weighted by Gasteiger charge is 2.14. The fraction of sp³-hybridized carbons (Fsp3) is 0. The maximum Gasteiger partial charge on any atom is 0.0991 e. The molecule has 0 aliphatic rings. The summed E-state index contributed by atoms with van der Waals surface area (Å²) in [6, 6.07) is 40.8. The molecule has 33 heavy (non-hydrogen) atoms. The van der Waals surface area contributed by atoms with Gasteiger partial charge >= 0.3 is 0 Å². The summed E-state index contributed by atoms with van der Waals surface area (Å²) in [4.78, 5) is 0. The summed E-state index contributed by atoms with van der Waals surface area (Å²) in [5, 5.41) is 19.1. The Morgan fingerprint density at radius 3 is 1.55 bits per heavy atom. The van der Waals surface area contributed by atoms with E-state index < -0.39 is 0 Å². The van der Waals surface area contributed by atoms with E-state index in [0.717, 1.165) is 11.1 Å². The monoisotopic (exact) mass is 418 g/mol. The van der Waals surface area contributed by atoms with Gasteiger partial charge in [-0.25, -0.2) is 0 Å². The van der Waals surface area contributed by atoms with Crippen LogP contribution in [0.15, 0.2) is 109 Å². The summed E-state index contributed by atoms with van der Waals surface area (Å²) >= 11 is 0. The quantitative estimate of drug-likeness (QED) is 0.247. The first-order valence-electron chi connectivity index (χ1n) is 11.1. The molecule has 6 aromatic carbocycles. The first kappa shape index (κ1) is 18.0. The van der Waals surface area contributed by atoms with Crippen molar-refractivity contribution in [2.75, 3.05) is 0 Å². The van der Waals surface area contributed by atoms with E-state index in [1.54, 1.807) is 0 Å². The zero-order valence-electron chi connectivity index (χ0n) is 17.8. The second-order valence-electron chi connectivity index (χ2n) is 8.52. The van der Waals surface area contributed by atoms with Gasteiger partial charge in [0.05, 0.1) is 22.7 Å². The van der Waals surface area contributed by atoms with E-state index in [9.17, 15) is 5.26 Å². The van der Waals surface area contributed by atoms with Crippen LogP contribution in [0.2, 0.25) is 0 Å². The van der Waals surface area contributed by atoms with Crippen LogP contribution >= 0.6 is 0 Å². The van der Waals surface area contributed by atoms with Crippen LogP contribution in [0.25, 0.3) is 59.8 Å². The van der Waals surface area contributed by atoms with E-state index in [2.05, 4.69) is 108 Å². The molecule has 0 atom stereocenters. The van der Waals surface area contributed by atoms with E-state index in [0.29, 0.717) is 5.56 Å². The Hall–Kier alpha value is -4.61. The summed E-state index contributed by atoms with van der Waals surface area (Å²) in [7, 11) is 0. The second kappa shape index (κ2) is 6.69. The maximum atomic E-state index is 9.44. The second-order valence-corrected chi connectivity index (χ2v) is 8.52. The number of benzene rings is 6. The van der Waals surface area contributed by atoms with Gasteiger partial charge in [-0.05, 0) is 68.7 Å². The predicted molar refractivity (Wildman–Crippen MR) is 138 cm³/mol. The van der Waals surface area contributed by atoms with Crippen LogP contribution in [-0.2, 0) is 0 Å². The molecule has 7 rings (SSSR count). The lowest BCUT2D eigenvalue weighted by atomic mass is 9.93. The number of hydrogen-bond acceptors (Lipinski definition) is 1. The Balaban J connectivity index is 1.64. The lowest BCUT2D eigenvalue weighted by molar-refractivity contribution is 1.19. The SMILES string of the molecule is N#Cc1ccc2c3ccc(-n4c5ccccc5c5ccccc54)cc3c3ccccc3c2c1. The third kappa shape index (κ3) is 2.48. The van der Waals surface area contributed by atoms with Crippen LogP contribution in [-0.4, -0.2) is 4.57 Å². The zero-order chi connectivity index (χ0) is 21.9. The van der Waals surface area contributed by atoms with Crippen LogP contribution in [0.4, 0.5) is 0 Å². The van der Waals surface area contributed by atoms with Gasteiger partial charge in [-0.3, -0.25) is 0 Å². The molecule has 0 amide bonds. The number of aromatic nitrogens is 1. The van der Waals surface area contributed by atoms with Crippen molar-refractivity contribution in [3.05, 3.63) is 115 Å². The van der Waals surface area contributed by atoms with Gasteiger partial charge in [0.25, 0.3) is 0 Å². The van der Waals surface area contributed by atoms with Gasteiger partial charge < -0.3 is 4.57 Å². The summed E-state index contributed by atoms with van der Waals surface area (Å²) in [5.41, 5.74) is 4.26. The molecule has 2 nitrogen and oxygen atoms in total. The number of nitriles is 1. The van der Waals surface area contributed by atoms with Crippen molar-refractivity contribution in [3.63, 3.8) is 0 Å². The van der Waals surface area contributed by atoms with Crippen molar-refractivity contribution in [2.45, 2.75) is 0 Å². The van der Waals surface area contributed by atoms with Gasteiger partial charge in [0, 0.05) is 16.5 Å². The van der Waals surface area contributed by atoms with E-state index in [4.69, 9.17) is 0 Å². The first-order valence-corrected chi connectivity index (χ1v) is 11.1. The van der Waals surface area contributed by atoms with Crippen molar-refractivity contribution in [1.82, 2.24) is 4.57 Å². The number of nitrogens with zero attached hydrogens (tertiary/aromatic N) is 2. The van der Waals surface area contributed by atoms with Crippen LogP contribution in [0.5, 0.6) is 0 Å².